The van der Waals surface area contributed by atoms with Gasteiger partial charge in [0.05, 0.1) is 16.7 Å². The van der Waals surface area contributed by atoms with Gasteiger partial charge in [0.15, 0.2) is 10.9 Å². The first-order chi connectivity index (χ1) is 12.6. The summed E-state index contributed by atoms with van der Waals surface area (Å²) >= 11 is 4.59. The highest BCUT2D eigenvalue weighted by molar-refractivity contribution is 9.10. The predicted molar refractivity (Wildman–Crippen MR) is 107 cm³/mol. The van der Waals surface area contributed by atoms with E-state index >= 15 is 0 Å². The maximum Gasteiger partial charge on any atom is 0.262 e. The Kier molecular flexibility index (Phi) is 6.24. The monoisotopic (exact) mass is 432 g/mol. The normalized spacial score (nSPS) is 11.0. The van der Waals surface area contributed by atoms with Gasteiger partial charge < -0.3 is 5.11 Å². The number of hydrogen-bond acceptors (Lipinski definition) is 5. The highest BCUT2D eigenvalue weighted by Crippen LogP contribution is 2.20. The Labute approximate surface area is 163 Å². The fourth-order valence-corrected chi connectivity index (χ4v) is 3.72. The van der Waals surface area contributed by atoms with E-state index in [0.29, 0.717) is 34.6 Å². The second-order valence-corrected chi connectivity index (χ2v) is 7.52. The quantitative estimate of drug-likeness (QED) is 0.351. The Morgan fingerprint density at radius 1 is 1.15 bits per heavy atom. The van der Waals surface area contributed by atoms with Crippen LogP contribution in [0.25, 0.3) is 10.9 Å². The first kappa shape index (κ1) is 18.8. The Morgan fingerprint density at radius 3 is 2.62 bits per heavy atom. The molecule has 0 spiro atoms. The summed E-state index contributed by atoms with van der Waals surface area (Å²) in [7, 11) is 0. The molecule has 1 heterocycles. The van der Waals surface area contributed by atoms with Crippen LogP contribution in [0.5, 0.6) is 0 Å². The summed E-state index contributed by atoms with van der Waals surface area (Å²) in [5.41, 5.74) is 1.07. The van der Waals surface area contributed by atoms with Gasteiger partial charge in [0.2, 0.25) is 0 Å². The van der Waals surface area contributed by atoms with Crippen LogP contribution >= 0.6 is 27.7 Å². The van der Waals surface area contributed by atoms with E-state index in [1.807, 2.05) is 18.2 Å². The van der Waals surface area contributed by atoms with Crippen LogP contribution in [0.2, 0.25) is 0 Å². The number of carbonyl (C=O) groups is 1. The molecule has 0 unspecified atom stereocenters. The molecule has 0 amide bonds. The van der Waals surface area contributed by atoms with E-state index < -0.39 is 0 Å². The third-order valence-electron chi connectivity index (χ3n) is 3.87. The van der Waals surface area contributed by atoms with Crippen LogP contribution in [0.3, 0.4) is 0 Å². The fraction of sp³-hybridized carbons (Fsp3) is 0.211. The van der Waals surface area contributed by atoms with E-state index in [1.54, 1.807) is 30.3 Å². The topological polar surface area (TPSA) is 72.2 Å². The molecule has 0 saturated carbocycles. The molecule has 0 aliphatic rings. The second-order valence-electron chi connectivity index (χ2n) is 5.66. The Morgan fingerprint density at radius 2 is 1.88 bits per heavy atom. The van der Waals surface area contributed by atoms with Crippen molar-refractivity contribution in [3.05, 3.63) is 68.9 Å². The Balaban J connectivity index is 1.89. The smallest absolute Gasteiger partial charge is 0.262 e. The van der Waals surface area contributed by atoms with Crippen LogP contribution in [0.1, 0.15) is 16.8 Å². The number of para-hydroxylation sites is 1. The third-order valence-corrected chi connectivity index (χ3v) is 5.37. The van der Waals surface area contributed by atoms with Gasteiger partial charge in [0, 0.05) is 23.2 Å². The average molecular weight is 433 g/mol. The SMILES string of the molecule is O=C(CSc1nc2ccccc2c(=O)n1CCCO)c1ccc(Br)cc1. The molecule has 134 valence electrons. The number of ketones is 1. The van der Waals surface area contributed by atoms with E-state index in [2.05, 4.69) is 20.9 Å². The summed E-state index contributed by atoms with van der Waals surface area (Å²) < 4.78 is 2.45. The number of aliphatic hydroxyl groups is 1. The van der Waals surface area contributed by atoms with Gasteiger partial charge >= 0.3 is 0 Å². The molecule has 0 aliphatic heterocycles. The van der Waals surface area contributed by atoms with Crippen molar-refractivity contribution >= 4 is 44.4 Å². The average Bonchev–Trinajstić information content (AvgIpc) is 2.66. The molecule has 7 heteroatoms. The van der Waals surface area contributed by atoms with Crippen molar-refractivity contribution in [2.45, 2.75) is 18.1 Å². The highest BCUT2D eigenvalue weighted by atomic mass is 79.9. The number of aliphatic hydroxyl groups excluding tert-OH is 1. The number of Topliss-reactive ketones (excluding diaryl/α,β-unsaturated/α-hetero) is 1. The molecule has 26 heavy (non-hydrogen) atoms. The number of hydrogen-bond donors (Lipinski definition) is 1. The largest absolute Gasteiger partial charge is 0.396 e. The van der Waals surface area contributed by atoms with Crippen molar-refractivity contribution in [2.75, 3.05) is 12.4 Å². The van der Waals surface area contributed by atoms with Crippen LogP contribution in [0, 0.1) is 0 Å². The minimum Gasteiger partial charge on any atom is -0.396 e. The molecule has 1 N–H and O–H groups in total. The van der Waals surface area contributed by atoms with Gasteiger partial charge in [-0.2, -0.15) is 0 Å². The highest BCUT2D eigenvalue weighted by Gasteiger charge is 2.14. The minimum atomic E-state index is -0.150. The molecule has 0 bridgehead atoms. The van der Waals surface area contributed by atoms with Crippen molar-refractivity contribution in [3.8, 4) is 0 Å². The van der Waals surface area contributed by atoms with E-state index in [1.165, 1.54) is 16.3 Å². The maximum absolute atomic E-state index is 12.7. The van der Waals surface area contributed by atoms with E-state index in [0.717, 1.165) is 4.47 Å². The molecule has 0 saturated heterocycles. The summed E-state index contributed by atoms with van der Waals surface area (Å²) in [4.78, 5) is 29.7. The van der Waals surface area contributed by atoms with Crippen LogP contribution in [-0.2, 0) is 6.54 Å². The fourth-order valence-electron chi connectivity index (χ4n) is 2.53. The molecular weight excluding hydrogens is 416 g/mol. The number of rotatable bonds is 7. The van der Waals surface area contributed by atoms with E-state index in [9.17, 15) is 9.59 Å². The van der Waals surface area contributed by atoms with E-state index in [4.69, 9.17) is 5.11 Å². The van der Waals surface area contributed by atoms with Crippen molar-refractivity contribution < 1.29 is 9.90 Å². The number of benzene rings is 2. The zero-order chi connectivity index (χ0) is 18.5. The maximum atomic E-state index is 12.7. The zero-order valence-corrected chi connectivity index (χ0v) is 16.3. The predicted octanol–water partition coefficient (Wildman–Crippen LogP) is 3.52. The second kappa shape index (κ2) is 8.62. The van der Waals surface area contributed by atoms with Crippen molar-refractivity contribution in [1.82, 2.24) is 9.55 Å². The summed E-state index contributed by atoms with van der Waals surface area (Å²) in [5, 5.41) is 10.1. The van der Waals surface area contributed by atoms with Gasteiger partial charge in [-0.15, -0.1) is 0 Å². The number of carbonyl (C=O) groups excluding carboxylic acids is 1. The summed E-state index contributed by atoms with van der Waals surface area (Å²) in [6, 6.07) is 14.3. The van der Waals surface area contributed by atoms with Crippen LogP contribution < -0.4 is 5.56 Å². The van der Waals surface area contributed by atoms with Crippen LogP contribution in [0.15, 0.2) is 63.0 Å². The summed E-state index contributed by atoms with van der Waals surface area (Å²) in [6.07, 6.45) is 0.453. The molecule has 0 atom stereocenters. The number of halogens is 1. The molecule has 0 aliphatic carbocycles. The Hall–Kier alpha value is -1.96. The van der Waals surface area contributed by atoms with Crippen LogP contribution in [-0.4, -0.2) is 32.8 Å². The molecule has 0 radical (unpaired) electrons. The zero-order valence-electron chi connectivity index (χ0n) is 13.9. The molecule has 5 nitrogen and oxygen atoms in total. The van der Waals surface area contributed by atoms with Crippen molar-refractivity contribution in [1.29, 1.82) is 0 Å². The lowest BCUT2D eigenvalue weighted by Gasteiger charge is -2.12. The standard InChI is InChI=1S/C19H17BrN2O3S/c20-14-8-6-13(7-9-14)17(24)12-26-19-21-16-5-2-1-4-15(16)18(25)22(19)10-3-11-23/h1-2,4-9,23H,3,10-12H2. The molecule has 2 aromatic carbocycles. The van der Waals surface area contributed by atoms with E-state index in [-0.39, 0.29) is 23.7 Å². The van der Waals surface area contributed by atoms with Crippen LogP contribution in [0.4, 0.5) is 0 Å². The van der Waals surface area contributed by atoms with Gasteiger partial charge in [0.25, 0.3) is 5.56 Å². The minimum absolute atomic E-state index is 0.0127. The van der Waals surface area contributed by atoms with Crippen molar-refractivity contribution in [3.63, 3.8) is 0 Å². The van der Waals surface area contributed by atoms with Gasteiger partial charge in [-0.25, -0.2) is 4.98 Å². The third kappa shape index (κ3) is 4.23. The summed E-state index contributed by atoms with van der Waals surface area (Å²) in [5.74, 6) is 0.157. The number of fused-ring (bicyclic) bond motifs is 1. The molecule has 1 aromatic heterocycles. The lowest BCUT2D eigenvalue weighted by molar-refractivity contribution is 0.102. The number of nitrogens with zero attached hydrogens (tertiary/aromatic N) is 2. The number of thioether (sulfide) groups is 1. The lowest BCUT2D eigenvalue weighted by Crippen LogP contribution is -2.24. The molecule has 3 rings (SSSR count). The number of aromatic nitrogens is 2. The van der Waals surface area contributed by atoms with Gasteiger partial charge in [-0.3, -0.25) is 14.2 Å². The molecular formula is C19H17BrN2O3S. The first-order valence-electron chi connectivity index (χ1n) is 8.12. The van der Waals surface area contributed by atoms with Gasteiger partial charge in [-0.1, -0.05) is 52.0 Å². The molecule has 3 aromatic rings. The van der Waals surface area contributed by atoms with Gasteiger partial charge in [0.1, 0.15) is 0 Å². The summed E-state index contributed by atoms with van der Waals surface area (Å²) in [6.45, 7) is 0.350. The van der Waals surface area contributed by atoms with Gasteiger partial charge in [-0.05, 0) is 30.7 Å². The first-order valence-corrected chi connectivity index (χ1v) is 9.90. The molecule has 0 fully saturated rings. The lowest BCUT2D eigenvalue weighted by atomic mass is 10.2. The van der Waals surface area contributed by atoms with Crippen molar-refractivity contribution in [2.24, 2.45) is 0 Å². The Bertz CT molecular complexity index is 986.